The van der Waals surface area contributed by atoms with Gasteiger partial charge in [-0.05, 0) is 36.2 Å². The quantitative estimate of drug-likeness (QED) is 0.727. The molecule has 104 valence electrons. The van der Waals surface area contributed by atoms with Gasteiger partial charge in [0.2, 0.25) is 0 Å². The Morgan fingerprint density at radius 1 is 1.40 bits per heavy atom. The van der Waals surface area contributed by atoms with Gasteiger partial charge in [-0.1, -0.05) is 13.0 Å². The zero-order valence-corrected chi connectivity index (χ0v) is 11.3. The van der Waals surface area contributed by atoms with Crippen LogP contribution in [-0.2, 0) is 13.0 Å². The van der Waals surface area contributed by atoms with Gasteiger partial charge >= 0.3 is 5.97 Å². The summed E-state index contributed by atoms with van der Waals surface area (Å²) in [5.74, 6) is -0.985. The summed E-state index contributed by atoms with van der Waals surface area (Å²) in [6.07, 6.45) is 2.67. The van der Waals surface area contributed by atoms with Crippen LogP contribution in [0.3, 0.4) is 0 Å². The second-order valence-corrected chi connectivity index (χ2v) is 4.42. The lowest BCUT2D eigenvalue weighted by atomic mass is 10.1. The van der Waals surface area contributed by atoms with Crippen molar-refractivity contribution in [1.29, 1.82) is 0 Å². The summed E-state index contributed by atoms with van der Waals surface area (Å²) < 4.78 is 0. The Bertz CT molecular complexity index is 626. The number of nitrogens with one attached hydrogen (secondary N) is 1. The lowest BCUT2D eigenvalue weighted by Gasteiger charge is -2.11. The molecule has 1 aromatic heterocycles. The van der Waals surface area contributed by atoms with E-state index in [4.69, 9.17) is 10.8 Å². The largest absolute Gasteiger partial charge is 0.478 e. The number of nitrogens with two attached hydrogens (primary N) is 1. The third kappa shape index (κ3) is 3.06. The molecule has 5 nitrogen and oxygen atoms in total. The minimum absolute atomic E-state index is 0.181. The molecule has 0 fully saturated rings. The molecule has 0 bridgehead atoms. The smallest absolute Gasteiger partial charge is 0.335 e. The van der Waals surface area contributed by atoms with Crippen molar-refractivity contribution in [2.24, 2.45) is 0 Å². The number of carboxylic acid groups (broad SMARTS) is 1. The average Bonchev–Trinajstić information content (AvgIpc) is 2.46. The van der Waals surface area contributed by atoms with Gasteiger partial charge in [0.25, 0.3) is 0 Å². The number of benzene rings is 1. The molecule has 0 amide bonds. The normalized spacial score (nSPS) is 10.2. The standard InChI is InChI=1S/C15H17N3O2/c1-2-10-4-3-7-17-14(10)9-18-13-6-5-11(15(19)20)8-12(13)16/h3-8,18H,2,9,16H2,1H3,(H,19,20). The van der Waals surface area contributed by atoms with E-state index in [1.807, 2.05) is 12.1 Å². The fraction of sp³-hybridized carbons (Fsp3) is 0.200. The highest BCUT2D eigenvalue weighted by Crippen LogP contribution is 2.21. The summed E-state index contributed by atoms with van der Waals surface area (Å²) in [6, 6.07) is 8.61. The summed E-state index contributed by atoms with van der Waals surface area (Å²) in [5, 5.41) is 12.1. The first-order valence-electron chi connectivity index (χ1n) is 6.41. The maximum absolute atomic E-state index is 10.8. The molecule has 20 heavy (non-hydrogen) atoms. The van der Waals surface area contributed by atoms with Gasteiger partial charge in [-0.2, -0.15) is 0 Å². The summed E-state index contributed by atoms with van der Waals surface area (Å²) >= 11 is 0. The van der Waals surface area contributed by atoms with E-state index in [0.29, 0.717) is 17.9 Å². The number of hydrogen-bond acceptors (Lipinski definition) is 4. The van der Waals surface area contributed by atoms with E-state index < -0.39 is 5.97 Å². The van der Waals surface area contributed by atoms with Crippen LogP contribution < -0.4 is 11.1 Å². The van der Waals surface area contributed by atoms with E-state index in [9.17, 15) is 4.79 Å². The monoisotopic (exact) mass is 271 g/mol. The van der Waals surface area contributed by atoms with E-state index in [2.05, 4.69) is 17.2 Å². The third-order valence-corrected chi connectivity index (χ3v) is 3.11. The van der Waals surface area contributed by atoms with Crippen molar-refractivity contribution >= 4 is 17.3 Å². The number of anilines is 2. The van der Waals surface area contributed by atoms with Crippen LogP contribution in [-0.4, -0.2) is 16.1 Å². The van der Waals surface area contributed by atoms with Gasteiger partial charge in [0, 0.05) is 6.20 Å². The molecule has 2 rings (SSSR count). The van der Waals surface area contributed by atoms with Crippen LogP contribution >= 0.6 is 0 Å². The molecule has 5 heteroatoms. The Morgan fingerprint density at radius 2 is 2.20 bits per heavy atom. The van der Waals surface area contributed by atoms with Crippen LogP contribution in [0, 0.1) is 0 Å². The van der Waals surface area contributed by atoms with Crippen molar-refractivity contribution in [3.63, 3.8) is 0 Å². The fourth-order valence-corrected chi connectivity index (χ4v) is 1.99. The second kappa shape index (κ2) is 6.06. The Labute approximate surface area is 117 Å². The van der Waals surface area contributed by atoms with Crippen LogP contribution in [0.4, 0.5) is 11.4 Å². The van der Waals surface area contributed by atoms with Gasteiger partial charge < -0.3 is 16.2 Å². The van der Waals surface area contributed by atoms with Crippen molar-refractivity contribution in [2.45, 2.75) is 19.9 Å². The van der Waals surface area contributed by atoms with Crippen molar-refractivity contribution in [3.05, 3.63) is 53.3 Å². The first kappa shape index (κ1) is 13.9. The molecular formula is C15H17N3O2. The fourth-order valence-electron chi connectivity index (χ4n) is 1.99. The molecule has 0 atom stereocenters. The zero-order chi connectivity index (χ0) is 14.5. The minimum Gasteiger partial charge on any atom is -0.478 e. The highest BCUT2D eigenvalue weighted by atomic mass is 16.4. The lowest BCUT2D eigenvalue weighted by molar-refractivity contribution is 0.0697. The maximum Gasteiger partial charge on any atom is 0.335 e. The summed E-state index contributed by atoms with van der Waals surface area (Å²) in [5.41, 5.74) is 9.31. The molecule has 0 aliphatic carbocycles. The van der Waals surface area contributed by atoms with Crippen LogP contribution in [0.1, 0.15) is 28.5 Å². The Morgan fingerprint density at radius 3 is 2.85 bits per heavy atom. The number of pyridine rings is 1. The van der Waals surface area contributed by atoms with Gasteiger partial charge in [0.05, 0.1) is 29.2 Å². The molecule has 4 N–H and O–H groups in total. The molecule has 0 radical (unpaired) electrons. The summed E-state index contributed by atoms with van der Waals surface area (Å²) in [6.45, 7) is 2.64. The predicted octanol–water partition coefficient (Wildman–Crippen LogP) is 2.54. The van der Waals surface area contributed by atoms with E-state index in [0.717, 1.165) is 12.1 Å². The number of carbonyl (C=O) groups is 1. The number of hydrogen-bond donors (Lipinski definition) is 3. The highest BCUT2D eigenvalue weighted by Gasteiger charge is 2.07. The number of rotatable bonds is 5. The molecule has 0 aliphatic rings. The van der Waals surface area contributed by atoms with Crippen LogP contribution in [0.25, 0.3) is 0 Å². The summed E-state index contributed by atoms with van der Waals surface area (Å²) in [4.78, 5) is 15.2. The lowest BCUT2D eigenvalue weighted by Crippen LogP contribution is -2.07. The zero-order valence-electron chi connectivity index (χ0n) is 11.3. The Hall–Kier alpha value is -2.56. The van der Waals surface area contributed by atoms with Crippen molar-refractivity contribution in [1.82, 2.24) is 4.98 Å². The van der Waals surface area contributed by atoms with E-state index in [-0.39, 0.29) is 5.56 Å². The Balaban J connectivity index is 2.13. The number of aryl methyl sites for hydroxylation is 1. The van der Waals surface area contributed by atoms with E-state index in [1.165, 1.54) is 17.7 Å². The molecular weight excluding hydrogens is 254 g/mol. The van der Waals surface area contributed by atoms with Gasteiger partial charge in [0.1, 0.15) is 0 Å². The minimum atomic E-state index is -0.985. The SMILES string of the molecule is CCc1cccnc1CNc1ccc(C(=O)O)cc1N. The highest BCUT2D eigenvalue weighted by molar-refractivity contribution is 5.90. The van der Waals surface area contributed by atoms with Crippen molar-refractivity contribution in [2.75, 3.05) is 11.1 Å². The molecule has 0 aliphatic heterocycles. The van der Waals surface area contributed by atoms with Gasteiger partial charge in [-0.3, -0.25) is 4.98 Å². The first-order chi connectivity index (χ1) is 9.61. The predicted molar refractivity (Wildman–Crippen MR) is 78.8 cm³/mol. The van der Waals surface area contributed by atoms with Gasteiger partial charge in [-0.25, -0.2) is 4.79 Å². The molecule has 0 unspecified atom stereocenters. The van der Waals surface area contributed by atoms with Crippen LogP contribution in [0.15, 0.2) is 36.5 Å². The van der Waals surface area contributed by atoms with Gasteiger partial charge in [-0.15, -0.1) is 0 Å². The number of nitrogens with zero attached hydrogens (tertiary/aromatic N) is 1. The van der Waals surface area contributed by atoms with Crippen molar-refractivity contribution < 1.29 is 9.90 Å². The number of carboxylic acids is 1. The molecule has 0 saturated carbocycles. The number of aromatic carboxylic acids is 1. The second-order valence-electron chi connectivity index (χ2n) is 4.42. The van der Waals surface area contributed by atoms with Crippen molar-refractivity contribution in [3.8, 4) is 0 Å². The Kier molecular flexibility index (Phi) is 4.20. The molecule has 0 spiro atoms. The van der Waals surface area contributed by atoms with Crippen LogP contribution in [0.2, 0.25) is 0 Å². The molecule has 1 heterocycles. The van der Waals surface area contributed by atoms with E-state index >= 15 is 0 Å². The number of aromatic nitrogens is 1. The first-order valence-corrected chi connectivity index (χ1v) is 6.41. The topological polar surface area (TPSA) is 88.2 Å². The van der Waals surface area contributed by atoms with Gasteiger partial charge in [0.15, 0.2) is 0 Å². The molecule has 2 aromatic rings. The average molecular weight is 271 g/mol. The third-order valence-electron chi connectivity index (χ3n) is 3.11. The van der Waals surface area contributed by atoms with Crippen LogP contribution in [0.5, 0.6) is 0 Å². The maximum atomic E-state index is 10.8. The molecule has 0 saturated heterocycles. The molecule has 1 aromatic carbocycles. The summed E-state index contributed by atoms with van der Waals surface area (Å²) in [7, 11) is 0. The van der Waals surface area contributed by atoms with E-state index in [1.54, 1.807) is 12.3 Å². The number of nitrogen functional groups attached to an aromatic ring is 1.